The van der Waals surface area contributed by atoms with Gasteiger partial charge in [-0.1, -0.05) is 6.92 Å². The van der Waals surface area contributed by atoms with Crippen LogP contribution in [0.1, 0.15) is 43.6 Å². The van der Waals surface area contributed by atoms with Crippen molar-refractivity contribution in [1.82, 2.24) is 25.4 Å². The first-order chi connectivity index (χ1) is 14.6. The second-order valence-corrected chi connectivity index (χ2v) is 7.20. The molecule has 0 saturated carbocycles. The van der Waals surface area contributed by atoms with Crippen LogP contribution in [-0.2, 0) is 19.4 Å². The van der Waals surface area contributed by atoms with E-state index < -0.39 is 6.10 Å². The number of aliphatic imine (C=N–C) groups is 1. The molecule has 1 aromatic heterocycles. The molecule has 1 aromatic carbocycles. The number of rotatable bonds is 8. The highest BCUT2D eigenvalue weighted by molar-refractivity contribution is 5.80. The first-order valence-corrected chi connectivity index (χ1v) is 10.4. The van der Waals surface area contributed by atoms with Crippen LogP contribution in [0, 0.1) is 0 Å². The van der Waals surface area contributed by atoms with Crippen molar-refractivity contribution in [1.29, 1.82) is 0 Å². The Kier molecular flexibility index (Phi) is 7.51. The third kappa shape index (κ3) is 5.21. The lowest BCUT2D eigenvalue weighted by Crippen LogP contribution is -2.47. The van der Waals surface area contributed by atoms with Gasteiger partial charge in [-0.05, 0) is 31.5 Å². The van der Waals surface area contributed by atoms with E-state index in [2.05, 4.69) is 32.6 Å². The molecule has 0 aliphatic carbocycles. The van der Waals surface area contributed by atoms with Crippen LogP contribution in [0.4, 0.5) is 0 Å². The molecule has 2 heterocycles. The van der Waals surface area contributed by atoms with Gasteiger partial charge in [0.25, 0.3) is 0 Å². The summed E-state index contributed by atoms with van der Waals surface area (Å²) in [5.41, 5.74) is 0.647. The number of nitrogens with one attached hydrogen (secondary N) is 2. The monoisotopic (exact) mass is 416 g/mol. The van der Waals surface area contributed by atoms with E-state index in [1.165, 1.54) is 0 Å². The Morgan fingerprint density at radius 3 is 2.87 bits per heavy atom. The first kappa shape index (κ1) is 21.9. The maximum Gasteiger partial charge on any atom is 0.191 e. The van der Waals surface area contributed by atoms with Crippen LogP contribution in [-0.4, -0.2) is 59.2 Å². The molecule has 9 heteroatoms. The molecule has 3 N–H and O–H groups in total. The minimum Gasteiger partial charge on any atom is -0.497 e. The van der Waals surface area contributed by atoms with E-state index in [0.717, 1.165) is 44.0 Å². The molecule has 3 rings (SSSR count). The van der Waals surface area contributed by atoms with Gasteiger partial charge in [0, 0.05) is 31.0 Å². The van der Waals surface area contributed by atoms with E-state index in [9.17, 15) is 5.11 Å². The summed E-state index contributed by atoms with van der Waals surface area (Å²) < 4.78 is 12.6. The molecule has 0 bridgehead atoms. The normalized spacial score (nSPS) is 17.2. The number of ether oxygens (including phenoxy) is 2. The first-order valence-electron chi connectivity index (χ1n) is 10.4. The minimum absolute atomic E-state index is 0.195. The number of hydrogen-bond acceptors (Lipinski definition) is 6. The van der Waals surface area contributed by atoms with Crippen LogP contribution in [0.2, 0.25) is 0 Å². The number of benzene rings is 1. The van der Waals surface area contributed by atoms with Gasteiger partial charge in [-0.15, -0.1) is 0 Å². The fourth-order valence-electron chi connectivity index (χ4n) is 3.52. The molecular formula is C21H32N6O3. The standard InChI is InChI=1S/C21H32N6O3/c1-5-19-25-20-10-7-14(13-27(20)26-19)24-21(22-6-2)23-12-17(28)16-11-15(29-3)8-9-18(16)30-4/h8-9,11,14,17,28H,5-7,10,12-13H2,1-4H3,(H2,22,23,24). The van der Waals surface area contributed by atoms with Gasteiger partial charge >= 0.3 is 0 Å². The maximum atomic E-state index is 10.7. The van der Waals surface area contributed by atoms with Crippen molar-refractivity contribution in [2.24, 2.45) is 4.99 Å². The molecule has 9 nitrogen and oxygen atoms in total. The quantitative estimate of drug-likeness (QED) is 0.442. The van der Waals surface area contributed by atoms with Crippen LogP contribution in [0.15, 0.2) is 23.2 Å². The number of nitrogens with zero attached hydrogens (tertiary/aromatic N) is 4. The fraction of sp³-hybridized carbons (Fsp3) is 0.571. The predicted octanol–water partition coefficient (Wildman–Crippen LogP) is 1.46. The summed E-state index contributed by atoms with van der Waals surface area (Å²) in [6, 6.07) is 5.56. The van der Waals surface area contributed by atoms with E-state index in [-0.39, 0.29) is 12.6 Å². The average Bonchev–Trinajstić information content (AvgIpc) is 3.19. The van der Waals surface area contributed by atoms with Crippen molar-refractivity contribution < 1.29 is 14.6 Å². The zero-order valence-corrected chi connectivity index (χ0v) is 18.2. The van der Waals surface area contributed by atoms with Gasteiger partial charge in [0.05, 0.1) is 27.3 Å². The topological polar surface area (TPSA) is 106 Å². The van der Waals surface area contributed by atoms with Crippen molar-refractivity contribution in [3.63, 3.8) is 0 Å². The molecular weight excluding hydrogens is 384 g/mol. The summed E-state index contributed by atoms with van der Waals surface area (Å²) >= 11 is 0. The lowest BCUT2D eigenvalue weighted by molar-refractivity contribution is 0.182. The van der Waals surface area contributed by atoms with E-state index >= 15 is 0 Å². The van der Waals surface area contributed by atoms with Crippen molar-refractivity contribution in [2.45, 2.75) is 51.8 Å². The Labute approximate surface area is 177 Å². The maximum absolute atomic E-state index is 10.7. The zero-order chi connectivity index (χ0) is 21.5. The predicted molar refractivity (Wildman–Crippen MR) is 115 cm³/mol. The molecule has 0 amide bonds. The highest BCUT2D eigenvalue weighted by Crippen LogP contribution is 2.29. The van der Waals surface area contributed by atoms with Crippen LogP contribution < -0.4 is 20.1 Å². The number of aryl methyl sites for hydroxylation is 2. The Balaban J connectivity index is 1.67. The Morgan fingerprint density at radius 2 is 2.17 bits per heavy atom. The number of aliphatic hydroxyl groups is 1. The Morgan fingerprint density at radius 1 is 1.33 bits per heavy atom. The van der Waals surface area contributed by atoms with Crippen LogP contribution in [0.25, 0.3) is 0 Å². The largest absolute Gasteiger partial charge is 0.497 e. The Bertz CT molecular complexity index is 866. The molecule has 1 aliphatic heterocycles. The molecule has 30 heavy (non-hydrogen) atoms. The molecule has 0 saturated heterocycles. The molecule has 2 unspecified atom stereocenters. The molecule has 0 radical (unpaired) electrons. The molecule has 164 valence electrons. The minimum atomic E-state index is -0.814. The zero-order valence-electron chi connectivity index (χ0n) is 18.2. The second-order valence-electron chi connectivity index (χ2n) is 7.20. The third-order valence-electron chi connectivity index (χ3n) is 5.12. The van der Waals surface area contributed by atoms with Crippen molar-refractivity contribution in [2.75, 3.05) is 27.3 Å². The number of guanidine groups is 1. The lowest BCUT2D eigenvalue weighted by Gasteiger charge is -2.25. The molecule has 2 aromatic rings. The van der Waals surface area contributed by atoms with Gasteiger partial charge in [-0.2, -0.15) is 5.10 Å². The van der Waals surface area contributed by atoms with Gasteiger partial charge in [-0.25, -0.2) is 9.67 Å². The van der Waals surface area contributed by atoms with Crippen LogP contribution >= 0.6 is 0 Å². The van der Waals surface area contributed by atoms with Crippen molar-refractivity contribution >= 4 is 5.96 Å². The molecule has 2 atom stereocenters. The third-order valence-corrected chi connectivity index (χ3v) is 5.12. The van der Waals surface area contributed by atoms with Gasteiger partial charge < -0.3 is 25.2 Å². The highest BCUT2D eigenvalue weighted by Gasteiger charge is 2.22. The van der Waals surface area contributed by atoms with Gasteiger partial charge in [0.2, 0.25) is 0 Å². The van der Waals surface area contributed by atoms with Crippen molar-refractivity contribution in [3.05, 3.63) is 35.4 Å². The van der Waals surface area contributed by atoms with Crippen LogP contribution in [0.3, 0.4) is 0 Å². The summed E-state index contributed by atoms with van der Waals surface area (Å²) in [7, 11) is 3.18. The lowest BCUT2D eigenvalue weighted by atomic mass is 10.1. The second kappa shape index (κ2) is 10.3. The number of aromatic nitrogens is 3. The Hall–Kier alpha value is -2.81. The SMILES string of the molecule is CCNC(=NCC(O)c1cc(OC)ccc1OC)NC1CCc2nc(CC)nn2C1. The van der Waals surface area contributed by atoms with Gasteiger partial charge in [-0.3, -0.25) is 4.99 Å². The summed E-state index contributed by atoms with van der Waals surface area (Å²) in [4.78, 5) is 9.16. The summed E-state index contributed by atoms with van der Waals surface area (Å²) in [6.45, 7) is 5.75. The van der Waals surface area contributed by atoms with E-state index in [0.29, 0.717) is 23.0 Å². The van der Waals surface area contributed by atoms with E-state index in [1.807, 2.05) is 11.6 Å². The molecule has 0 fully saturated rings. The van der Waals surface area contributed by atoms with E-state index in [1.54, 1.807) is 32.4 Å². The molecule has 0 spiro atoms. The smallest absolute Gasteiger partial charge is 0.191 e. The number of aliphatic hydroxyl groups excluding tert-OH is 1. The van der Waals surface area contributed by atoms with E-state index in [4.69, 9.17) is 9.47 Å². The highest BCUT2D eigenvalue weighted by atomic mass is 16.5. The number of methoxy groups -OCH3 is 2. The molecule has 1 aliphatic rings. The van der Waals surface area contributed by atoms with Crippen molar-refractivity contribution in [3.8, 4) is 11.5 Å². The average molecular weight is 417 g/mol. The summed E-state index contributed by atoms with van der Waals surface area (Å²) in [5, 5.41) is 22.0. The van der Waals surface area contributed by atoms with Gasteiger partial charge in [0.1, 0.15) is 23.4 Å². The summed E-state index contributed by atoms with van der Waals surface area (Å²) in [5.74, 6) is 3.88. The number of hydrogen-bond donors (Lipinski definition) is 3. The summed E-state index contributed by atoms with van der Waals surface area (Å²) in [6.07, 6.45) is 1.87. The van der Waals surface area contributed by atoms with Gasteiger partial charge in [0.15, 0.2) is 11.8 Å². The van der Waals surface area contributed by atoms with Crippen LogP contribution in [0.5, 0.6) is 11.5 Å². The number of fused-ring (bicyclic) bond motifs is 1. The fourth-order valence-corrected chi connectivity index (χ4v) is 3.52.